The molecule has 2 rings (SSSR count). The van der Waals surface area contributed by atoms with Gasteiger partial charge in [-0.3, -0.25) is 9.79 Å². The van der Waals surface area contributed by atoms with Gasteiger partial charge in [-0.2, -0.15) is 9.13 Å². The lowest BCUT2D eigenvalue weighted by molar-refractivity contribution is -0.699. The van der Waals surface area contributed by atoms with Crippen molar-refractivity contribution in [1.29, 1.82) is 0 Å². The summed E-state index contributed by atoms with van der Waals surface area (Å²) < 4.78 is 20.0. The Bertz CT molecular complexity index is 758. The molecule has 1 heterocycles. The maximum atomic E-state index is 11.4. The van der Waals surface area contributed by atoms with Crippen LogP contribution in [0.4, 0.5) is 0 Å². The lowest BCUT2D eigenvalue weighted by Gasteiger charge is -2.07. The normalized spacial score (nSPS) is 11.7. The summed E-state index contributed by atoms with van der Waals surface area (Å²) in [6.07, 6.45) is 12.1. The van der Waals surface area contributed by atoms with Gasteiger partial charge < -0.3 is 4.52 Å². The Morgan fingerprint density at radius 3 is 2.46 bits per heavy atom. The number of phosphoric acid groups is 1. The molecule has 2 aromatic rings. The first-order valence-electron chi connectivity index (χ1n) is 9.97. The Morgan fingerprint density at radius 2 is 1.79 bits per heavy atom. The van der Waals surface area contributed by atoms with Crippen LogP contribution in [0.5, 0.6) is 6.01 Å². The summed E-state index contributed by atoms with van der Waals surface area (Å²) in [6.45, 7) is 3.51. The first-order valence-corrected chi connectivity index (χ1v) is 11.9. The number of phosphoric ester groups is 1. The van der Waals surface area contributed by atoms with E-state index in [2.05, 4.69) is 6.92 Å². The van der Waals surface area contributed by atoms with Crippen molar-refractivity contribution in [3.63, 3.8) is 0 Å². The van der Waals surface area contributed by atoms with Crippen LogP contribution in [0.15, 0.2) is 36.7 Å². The Kier molecular flexibility index (Phi) is 9.52. The van der Waals surface area contributed by atoms with E-state index < -0.39 is 7.82 Å². The van der Waals surface area contributed by atoms with Crippen LogP contribution in [0.1, 0.15) is 57.4 Å². The quantitative estimate of drug-likeness (QED) is 0.270. The fraction of sp³-hybridized carbons (Fsp3) is 0.550. The van der Waals surface area contributed by atoms with Crippen molar-refractivity contribution >= 4 is 19.4 Å². The van der Waals surface area contributed by atoms with Crippen molar-refractivity contribution in [3.05, 3.63) is 47.2 Å². The molecule has 1 aromatic carbocycles. The number of hydrogen-bond donors (Lipinski definition) is 2. The highest BCUT2D eigenvalue weighted by Gasteiger charge is 2.27. The Hall–Kier alpha value is -1.33. The molecule has 0 aliphatic heterocycles. The number of imidazole rings is 1. The first kappa shape index (κ1) is 23.0. The average Bonchev–Trinajstić information content (AvgIpc) is 3.00. The second kappa shape index (κ2) is 11.6. The highest BCUT2D eigenvalue weighted by atomic mass is 35.5. The van der Waals surface area contributed by atoms with Crippen LogP contribution in [0.2, 0.25) is 5.02 Å². The number of halogens is 1. The molecule has 0 aliphatic carbocycles. The van der Waals surface area contributed by atoms with Gasteiger partial charge in [0, 0.05) is 5.02 Å². The second-order valence-corrected chi connectivity index (χ2v) is 8.65. The molecule has 2 N–H and O–H groups in total. The van der Waals surface area contributed by atoms with Crippen molar-refractivity contribution in [3.8, 4) is 6.01 Å². The number of aromatic nitrogens is 2. The number of hydrogen-bond acceptors (Lipinski definition) is 2. The monoisotopic (exact) mass is 429 g/mol. The predicted octanol–water partition coefficient (Wildman–Crippen LogP) is 4.89. The molecule has 0 radical (unpaired) electrons. The summed E-state index contributed by atoms with van der Waals surface area (Å²) in [6, 6.07) is 8.05. The van der Waals surface area contributed by atoms with Gasteiger partial charge in [0.25, 0.3) is 0 Å². The largest absolute Gasteiger partial charge is 0.529 e. The Labute approximate surface area is 172 Å². The summed E-state index contributed by atoms with van der Waals surface area (Å²) in [5.41, 5.74) is 1.23. The molecule has 0 bridgehead atoms. The minimum absolute atomic E-state index is 0.232. The topological polar surface area (TPSA) is 75.6 Å². The maximum Gasteiger partial charge on any atom is 0.529 e. The fourth-order valence-electron chi connectivity index (χ4n) is 3.15. The van der Waals surface area contributed by atoms with E-state index in [-0.39, 0.29) is 6.01 Å². The summed E-state index contributed by atoms with van der Waals surface area (Å²) in [5.74, 6) is 0. The number of unbranched alkanes of at least 4 members (excludes halogenated alkanes) is 5. The SMILES string of the molecule is CCCCCCC[n+]1ccn(CCCCc2ccc(Cl)cc2)c1OP(=O)(O)O. The van der Waals surface area contributed by atoms with Crippen LogP contribution in [0.25, 0.3) is 0 Å². The highest BCUT2D eigenvalue weighted by Crippen LogP contribution is 2.36. The second-order valence-electron chi connectivity index (χ2n) is 7.05. The smallest absolute Gasteiger partial charge is 0.334 e. The number of aryl methyl sites for hydroxylation is 3. The molecule has 156 valence electrons. The lowest BCUT2D eigenvalue weighted by Crippen LogP contribution is -2.34. The number of benzene rings is 1. The summed E-state index contributed by atoms with van der Waals surface area (Å²) in [4.78, 5) is 18.5. The summed E-state index contributed by atoms with van der Waals surface area (Å²) in [5, 5.41) is 0.731. The van der Waals surface area contributed by atoms with Gasteiger partial charge in [-0.15, -0.1) is 0 Å². The molecule has 8 heteroatoms. The zero-order valence-corrected chi connectivity index (χ0v) is 18.1. The van der Waals surface area contributed by atoms with E-state index in [4.69, 9.17) is 16.1 Å². The molecule has 28 heavy (non-hydrogen) atoms. The Morgan fingerprint density at radius 1 is 1.07 bits per heavy atom. The van der Waals surface area contributed by atoms with Crippen LogP contribution >= 0.6 is 19.4 Å². The van der Waals surface area contributed by atoms with Gasteiger partial charge in [0.05, 0.1) is 13.1 Å². The molecule has 6 nitrogen and oxygen atoms in total. The van der Waals surface area contributed by atoms with E-state index in [1.54, 1.807) is 9.13 Å². The van der Waals surface area contributed by atoms with E-state index in [0.717, 1.165) is 37.1 Å². The number of rotatable bonds is 13. The molecule has 0 aliphatic rings. The molecule has 0 unspecified atom stereocenters. The molecule has 0 spiro atoms. The van der Waals surface area contributed by atoms with Crippen LogP contribution in [-0.2, 0) is 24.1 Å². The third kappa shape index (κ3) is 8.36. The van der Waals surface area contributed by atoms with E-state index >= 15 is 0 Å². The number of nitrogens with zero attached hydrogens (tertiary/aromatic N) is 2. The molecule has 0 saturated carbocycles. The van der Waals surface area contributed by atoms with Gasteiger partial charge in [-0.1, -0.05) is 49.9 Å². The first-order chi connectivity index (χ1) is 13.4. The average molecular weight is 430 g/mol. The van der Waals surface area contributed by atoms with Crippen molar-refractivity contribution in [2.75, 3.05) is 0 Å². The molecule has 0 saturated heterocycles. The van der Waals surface area contributed by atoms with Crippen molar-refractivity contribution in [2.24, 2.45) is 0 Å². The van der Waals surface area contributed by atoms with Gasteiger partial charge >= 0.3 is 13.8 Å². The zero-order chi connectivity index (χ0) is 20.4. The summed E-state index contributed by atoms with van der Waals surface area (Å²) in [7, 11) is -4.60. The fourth-order valence-corrected chi connectivity index (χ4v) is 3.70. The van der Waals surface area contributed by atoms with Gasteiger partial charge in [-0.25, -0.2) is 4.57 Å². The van der Waals surface area contributed by atoms with Crippen molar-refractivity contribution in [2.45, 2.75) is 71.4 Å². The Balaban J connectivity index is 1.90. The molecule has 0 fully saturated rings. The molecule has 1 aromatic heterocycles. The molecular formula is C20H31ClN2O4P+. The van der Waals surface area contributed by atoms with Crippen LogP contribution in [-0.4, -0.2) is 14.4 Å². The van der Waals surface area contributed by atoms with Gasteiger partial charge in [0.2, 0.25) is 0 Å². The maximum absolute atomic E-state index is 11.4. The van der Waals surface area contributed by atoms with Crippen LogP contribution in [0, 0.1) is 0 Å². The third-order valence-electron chi connectivity index (χ3n) is 4.65. The van der Waals surface area contributed by atoms with E-state index in [0.29, 0.717) is 13.1 Å². The van der Waals surface area contributed by atoms with Crippen molar-refractivity contribution in [1.82, 2.24) is 4.57 Å². The van der Waals surface area contributed by atoms with E-state index in [1.807, 2.05) is 36.7 Å². The molecule has 0 amide bonds. The predicted molar refractivity (Wildman–Crippen MR) is 110 cm³/mol. The minimum atomic E-state index is -4.60. The van der Waals surface area contributed by atoms with Gasteiger partial charge in [0.1, 0.15) is 12.4 Å². The van der Waals surface area contributed by atoms with E-state index in [9.17, 15) is 14.4 Å². The van der Waals surface area contributed by atoms with Crippen molar-refractivity contribution < 1.29 is 23.4 Å². The molecular weight excluding hydrogens is 399 g/mol. The lowest BCUT2D eigenvalue weighted by atomic mass is 10.1. The van der Waals surface area contributed by atoms with Gasteiger partial charge in [0.15, 0.2) is 0 Å². The summed E-state index contributed by atoms with van der Waals surface area (Å²) >= 11 is 5.90. The van der Waals surface area contributed by atoms with Crippen LogP contribution < -0.4 is 9.09 Å². The standard InChI is InChI=1S/C20H30ClN2O4P/c1-2-3-4-5-7-14-22-16-17-23(20(22)27-28(24,25)26)15-8-6-9-18-10-12-19(21)13-11-18/h10-13,16-17H,2-9,14-15H2,1H3,(H-,24,25,26)/p+1. The van der Waals surface area contributed by atoms with Gasteiger partial charge in [-0.05, 0) is 49.8 Å². The van der Waals surface area contributed by atoms with E-state index in [1.165, 1.54) is 24.8 Å². The zero-order valence-electron chi connectivity index (χ0n) is 16.5. The third-order valence-corrected chi connectivity index (χ3v) is 5.30. The molecule has 0 atom stereocenters. The minimum Gasteiger partial charge on any atom is -0.334 e. The van der Waals surface area contributed by atoms with Crippen LogP contribution in [0.3, 0.4) is 0 Å². The highest BCUT2D eigenvalue weighted by molar-refractivity contribution is 7.46.